The average molecular weight is 446 g/mol. The Labute approximate surface area is 198 Å². The maximum atomic E-state index is 12.2. The number of carbonyl (C=O) groups is 1. The smallest absolute Gasteiger partial charge is 0.302 e. The van der Waals surface area contributed by atoms with Gasteiger partial charge in [0, 0.05) is 18.9 Å². The zero-order valence-corrected chi connectivity index (χ0v) is 21.9. The van der Waals surface area contributed by atoms with Crippen LogP contribution in [0.2, 0.25) is 0 Å². The van der Waals surface area contributed by atoms with Crippen molar-refractivity contribution in [2.24, 2.45) is 58.0 Å². The van der Waals surface area contributed by atoms with E-state index in [0.717, 1.165) is 36.5 Å². The summed E-state index contributed by atoms with van der Waals surface area (Å²) in [7, 11) is 0. The second-order valence-electron chi connectivity index (χ2n) is 13.4. The maximum Gasteiger partial charge on any atom is 0.302 e. The Morgan fingerprint density at radius 2 is 1.66 bits per heavy atom. The van der Waals surface area contributed by atoms with Gasteiger partial charge in [-0.2, -0.15) is 0 Å². The second kappa shape index (κ2) is 9.23. The summed E-state index contributed by atoms with van der Waals surface area (Å²) in [6.45, 7) is 14.1. The van der Waals surface area contributed by atoms with Crippen LogP contribution in [0.5, 0.6) is 0 Å². The molecular formula is C29H51NO2. The molecule has 4 rings (SSSR count). The molecule has 3 heteroatoms. The molecular weight excluding hydrogens is 394 g/mol. The molecule has 6 unspecified atom stereocenters. The van der Waals surface area contributed by atoms with Crippen molar-refractivity contribution in [1.82, 2.24) is 0 Å². The van der Waals surface area contributed by atoms with E-state index in [1.807, 2.05) is 0 Å². The van der Waals surface area contributed by atoms with Gasteiger partial charge in [0.2, 0.25) is 0 Å². The Morgan fingerprint density at radius 3 is 2.34 bits per heavy atom. The van der Waals surface area contributed by atoms with Crippen molar-refractivity contribution in [1.29, 1.82) is 0 Å². The minimum Gasteiger partial charge on any atom is -0.462 e. The van der Waals surface area contributed by atoms with E-state index in [-0.39, 0.29) is 12.1 Å². The normalized spacial score (nSPS) is 46.8. The molecule has 4 fully saturated rings. The fourth-order valence-electron chi connectivity index (χ4n) is 9.59. The molecule has 0 aromatic carbocycles. The summed E-state index contributed by atoms with van der Waals surface area (Å²) in [4.78, 5) is 12.2. The van der Waals surface area contributed by atoms with Crippen LogP contribution in [0.15, 0.2) is 0 Å². The van der Waals surface area contributed by atoms with Crippen LogP contribution in [0.4, 0.5) is 0 Å². The van der Waals surface area contributed by atoms with Gasteiger partial charge in [-0.05, 0) is 97.7 Å². The minimum absolute atomic E-state index is 0.0821. The molecule has 32 heavy (non-hydrogen) atoms. The molecule has 0 amide bonds. The Morgan fingerprint density at radius 1 is 0.969 bits per heavy atom. The van der Waals surface area contributed by atoms with Crippen molar-refractivity contribution in [2.45, 2.75) is 124 Å². The highest BCUT2D eigenvalue weighted by Crippen LogP contribution is 2.68. The highest BCUT2D eigenvalue weighted by Gasteiger charge is 2.63. The molecule has 184 valence electrons. The molecule has 4 aliphatic carbocycles. The van der Waals surface area contributed by atoms with Crippen LogP contribution in [-0.2, 0) is 9.53 Å². The van der Waals surface area contributed by atoms with Gasteiger partial charge in [0.15, 0.2) is 0 Å². The number of rotatable bonds is 6. The van der Waals surface area contributed by atoms with E-state index in [9.17, 15) is 4.79 Å². The molecule has 0 aromatic heterocycles. The number of hydrogen-bond donors (Lipinski definition) is 1. The molecule has 0 radical (unpaired) electrons. The molecule has 4 saturated carbocycles. The van der Waals surface area contributed by atoms with Gasteiger partial charge in [-0.1, -0.05) is 53.9 Å². The van der Waals surface area contributed by atoms with Gasteiger partial charge in [-0.3, -0.25) is 4.79 Å². The molecule has 0 saturated heterocycles. The summed E-state index contributed by atoms with van der Waals surface area (Å²) in [5.41, 5.74) is 7.23. The van der Waals surface area contributed by atoms with Crippen LogP contribution in [0.3, 0.4) is 0 Å². The topological polar surface area (TPSA) is 52.3 Å². The predicted molar refractivity (Wildman–Crippen MR) is 132 cm³/mol. The lowest BCUT2D eigenvalue weighted by molar-refractivity contribution is -0.189. The van der Waals surface area contributed by atoms with Gasteiger partial charge >= 0.3 is 5.97 Å². The molecule has 3 nitrogen and oxygen atoms in total. The van der Waals surface area contributed by atoms with E-state index >= 15 is 0 Å². The van der Waals surface area contributed by atoms with E-state index in [4.69, 9.17) is 10.5 Å². The summed E-state index contributed by atoms with van der Waals surface area (Å²) in [5, 5.41) is 0. The molecule has 0 heterocycles. The van der Waals surface area contributed by atoms with E-state index in [1.165, 1.54) is 57.8 Å². The summed E-state index contributed by atoms with van der Waals surface area (Å²) in [5.74, 6) is 4.98. The van der Waals surface area contributed by atoms with E-state index in [0.29, 0.717) is 34.6 Å². The number of fused-ring (bicyclic) bond motifs is 5. The van der Waals surface area contributed by atoms with Crippen LogP contribution in [0.1, 0.15) is 112 Å². The molecule has 4 aliphatic rings. The highest BCUT2D eigenvalue weighted by atomic mass is 16.5. The summed E-state index contributed by atoms with van der Waals surface area (Å²) < 4.78 is 6.15. The number of ether oxygens (including phenoxy) is 1. The predicted octanol–water partition coefficient (Wildman–Crippen LogP) is 6.98. The lowest BCUT2D eigenvalue weighted by Crippen LogP contribution is -2.59. The van der Waals surface area contributed by atoms with Crippen LogP contribution in [0.25, 0.3) is 0 Å². The third-order valence-electron chi connectivity index (χ3n) is 11.2. The summed E-state index contributed by atoms with van der Waals surface area (Å²) in [6.07, 6.45) is 14.3. The number of hydrogen-bond acceptors (Lipinski definition) is 3. The fourth-order valence-corrected chi connectivity index (χ4v) is 9.59. The minimum atomic E-state index is -0.0821. The van der Waals surface area contributed by atoms with Gasteiger partial charge in [-0.15, -0.1) is 0 Å². The molecule has 2 N–H and O–H groups in total. The molecule has 0 aliphatic heterocycles. The number of esters is 1. The zero-order chi connectivity index (χ0) is 23.3. The van der Waals surface area contributed by atoms with E-state index in [2.05, 4.69) is 34.6 Å². The summed E-state index contributed by atoms with van der Waals surface area (Å²) >= 11 is 0. The van der Waals surface area contributed by atoms with Crippen molar-refractivity contribution in [2.75, 3.05) is 0 Å². The van der Waals surface area contributed by atoms with E-state index < -0.39 is 0 Å². The molecule has 0 bridgehead atoms. The van der Waals surface area contributed by atoms with Gasteiger partial charge in [0.1, 0.15) is 6.10 Å². The van der Waals surface area contributed by atoms with Crippen LogP contribution >= 0.6 is 0 Å². The first kappa shape index (κ1) is 24.6. The van der Waals surface area contributed by atoms with Gasteiger partial charge in [0.05, 0.1) is 0 Å². The number of nitrogens with two attached hydrogens (primary N) is 1. The van der Waals surface area contributed by atoms with Crippen LogP contribution in [0, 0.1) is 52.3 Å². The first-order chi connectivity index (χ1) is 15.1. The maximum absolute atomic E-state index is 12.2. The third kappa shape index (κ3) is 4.29. The Balaban J connectivity index is 1.57. The summed E-state index contributed by atoms with van der Waals surface area (Å²) in [6, 6.07) is 0.332. The average Bonchev–Trinajstić information content (AvgIpc) is 3.05. The lowest BCUT2D eigenvalue weighted by Gasteiger charge is -2.63. The van der Waals surface area contributed by atoms with Crippen molar-refractivity contribution < 1.29 is 9.53 Å². The van der Waals surface area contributed by atoms with Crippen molar-refractivity contribution >= 4 is 5.97 Å². The zero-order valence-electron chi connectivity index (χ0n) is 21.9. The fraction of sp³-hybridized carbons (Fsp3) is 0.966. The molecule has 0 aromatic rings. The molecule has 0 spiro atoms. The number of carbonyl (C=O) groups excluding carboxylic acids is 1. The van der Waals surface area contributed by atoms with Crippen molar-refractivity contribution in [3.8, 4) is 0 Å². The standard InChI is InChI=1S/C29H51NO2/c1-18(2)8-7-9-19(3)23-10-11-24-27-25(13-15-29(23,24)6)28(5)14-12-22(30)16-21(28)17-26(27)32-20(4)31/h18-19,21-27H,7-17,30H2,1-6H3/t19?,21-,22?,23-,24?,25?,26?,27?,28+,29-/m1/s1. The van der Waals surface area contributed by atoms with Gasteiger partial charge < -0.3 is 10.5 Å². The second-order valence-corrected chi connectivity index (χ2v) is 13.4. The first-order valence-electron chi connectivity index (χ1n) is 14.0. The SMILES string of the molecule is CC(=O)OC1C[C@H]2CC(N)CC[C@]2(C)C2CC[C@@]3(C)C(CC[C@@H]3C(C)CCCC(C)C)C12. The first-order valence-corrected chi connectivity index (χ1v) is 14.0. The van der Waals surface area contributed by atoms with Crippen LogP contribution in [-0.4, -0.2) is 18.1 Å². The monoisotopic (exact) mass is 445 g/mol. The van der Waals surface area contributed by atoms with Gasteiger partial charge in [-0.25, -0.2) is 0 Å². The molecule has 10 atom stereocenters. The van der Waals surface area contributed by atoms with E-state index in [1.54, 1.807) is 6.92 Å². The quantitative estimate of drug-likeness (QED) is 0.449. The lowest BCUT2D eigenvalue weighted by atomic mass is 9.43. The van der Waals surface area contributed by atoms with Gasteiger partial charge in [0.25, 0.3) is 0 Å². The Kier molecular flexibility index (Phi) is 7.08. The Hall–Kier alpha value is -0.570. The third-order valence-corrected chi connectivity index (χ3v) is 11.2. The van der Waals surface area contributed by atoms with Crippen molar-refractivity contribution in [3.63, 3.8) is 0 Å². The van der Waals surface area contributed by atoms with Crippen LogP contribution < -0.4 is 5.73 Å². The largest absolute Gasteiger partial charge is 0.462 e. The van der Waals surface area contributed by atoms with Crippen molar-refractivity contribution in [3.05, 3.63) is 0 Å². The Bertz CT molecular complexity index is 676. The highest BCUT2D eigenvalue weighted by molar-refractivity contribution is 5.66.